The molecule has 51 heavy (non-hydrogen) atoms. The van der Waals surface area contributed by atoms with Crippen LogP contribution >= 0.6 is 0 Å². The van der Waals surface area contributed by atoms with E-state index in [0.717, 1.165) is 47.6 Å². The zero-order valence-electron chi connectivity index (χ0n) is 29.5. The second-order valence-corrected chi connectivity index (χ2v) is 14.1. The first kappa shape index (κ1) is 35.2. The van der Waals surface area contributed by atoms with Crippen LogP contribution in [-0.4, -0.2) is 65.8 Å². The molecule has 3 fully saturated rings. The van der Waals surface area contributed by atoms with E-state index in [2.05, 4.69) is 39.5 Å². The number of rotatable bonds is 12. The van der Waals surface area contributed by atoms with Crippen molar-refractivity contribution in [2.75, 3.05) is 38.0 Å². The summed E-state index contributed by atoms with van der Waals surface area (Å²) in [7, 11) is 0. The molecule has 4 aromatic rings. The van der Waals surface area contributed by atoms with E-state index in [4.69, 9.17) is 14.2 Å². The topological polar surface area (TPSA) is 95.5 Å². The molecule has 3 aliphatic heterocycles. The number of amides is 2. The second kappa shape index (κ2) is 16.8. The fourth-order valence-electron chi connectivity index (χ4n) is 7.55. The van der Waals surface area contributed by atoms with Crippen LogP contribution in [0.25, 0.3) is 0 Å². The van der Waals surface area contributed by atoms with Crippen LogP contribution in [0.1, 0.15) is 67.3 Å². The van der Waals surface area contributed by atoms with Gasteiger partial charge in [0.05, 0.1) is 18.8 Å². The molecule has 0 radical (unpaired) electrons. The Labute approximate surface area is 301 Å². The van der Waals surface area contributed by atoms with Gasteiger partial charge in [0.1, 0.15) is 11.5 Å². The van der Waals surface area contributed by atoms with Crippen LogP contribution in [0.5, 0.6) is 11.5 Å². The number of ether oxygens (including phenoxy) is 3. The predicted octanol–water partition coefficient (Wildman–Crippen LogP) is 7.64. The van der Waals surface area contributed by atoms with Crippen molar-refractivity contribution in [3.05, 3.63) is 125 Å². The van der Waals surface area contributed by atoms with Crippen molar-refractivity contribution in [2.24, 2.45) is 5.92 Å². The Kier molecular flexibility index (Phi) is 11.6. The molecule has 0 unspecified atom stereocenters. The number of nitrogens with one attached hydrogen (secondary N) is 2. The Bertz CT molecular complexity index is 1680. The molecule has 0 saturated carbocycles. The molecule has 9 heteroatoms. The normalized spacial score (nSPS) is 24.0. The summed E-state index contributed by atoms with van der Waals surface area (Å²) in [6.45, 7) is 8.21. The number of aliphatic hydroxyl groups is 1. The van der Waals surface area contributed by atoms with Crippen LogP contribution in [0.3, 0.4) is 0 Å². The monoisotopic (exact) mass is 690 g/mol. The average molecular weight is 691 g/mol. The highest BCUT2D eigenvalue weighted by atomic mass is 16.7. The molecule has 0 aliphatic carbocycles. The molecule has 9 nitrogen and oxygen atoms in total. The fourth-order valence-corrected chi connectivity index (χ4v) is 7.55. The maximum atomic E-state index is 12.7. The lowest BCUT2D eigenvalue weighted by molar-refractivity contribution is -0.276. The number of para-hydroxylation sites is 1. The van der Waals surface area contributed by atoms with Gasteiger partial charge in [0, 0.05) is 42.8 Å². The van der Waals surface area contributed by atoms with Crippen LogP contribution < -0.4 is 15.4 Å². The van der Waals surface area contributed by atoms with E-state index < -0.39 is 6.29 Å². The molecule has 2 amide bonds. The van der Waals surface area contributed by atoms with Gasteiger partial charge in [-0.15, -0.1) is 0 Å². The summed E-state index contributed by atoms with van der Waals surface area (Å²) >= 11 is 0. The molecule has 3 aliphatic rings. The summed E-state index contributed by atoms with van der Waals surface area (Å²) in [4.78, 5) is 18.0. The molecule has 268 valence electrons. The Morgan fingerprint density at radius 2 is 1.47 bits per heavy atom. The lowest BCUT2D eigenvalue weighted by Crippen LogP contribution is -2.48. The van der Waals surface area contributed by atoms with E-state index in [1.165, 1.54) is 38.8 Å². The molecule has 3 heterocycles. The minimum absolute atomic E-state index is 0.00514. The number of nitrogens with zero attached hydrogens (tertiary/aromatic N) is 2. The molecule has 0 spiro atoms. The largest absolute Gasteiger partial charge is 0.457 e. The van der Waals surface area contributed by atoms with Crippen molar-refractivity contribution in [2.45, 2.75) is 70.3 Å². The molecule has 0 bridgehead atoms. The zero-order chi connectivity index (χ0) is 35.0. The van der Waals surface area contributed by atoms with Crippen molar-refractivity contribution >= 4 is 11.7 Å². The first-order chi connectivity index (χ1) is 25.0. The first-order valence-corrected chi connectivity index (χ1v) is 18.4. The van der Waals surface area contributed by atoms with Gasteiger partial charge in [0.2, 0.25) is 0 Å². The molecular formula is C42H50N4O5. The molecule has 5 atom stereocenters. The molecule has 4 aromatic carbocycles. The van der Waals surface area contributed by atoms with Gasteiger partial charge in [-0.1, -0.05) is 73.7 Å². The lowest BCUT2D eigenvalue weighted by Gasteiger charge is -2.43. The number of urea groups is 1. The number of carbonyl (C=O) groups excluding carboxylic acids is 1. The van der Waals surface area contributed by atoms with E-state index in [1.54, 1.807) is 0 Å². The van der Waals surface area contributed by atoms with E-state index in [9.17, 15) is 9.90 Å². The number of aliphatic hydroxyl groups excluding tert-OH is 1. The van der Waals surface area contributed by atoms with Crippen molar-refractivity contribution in [3.8, 4) is 11.5 Å². The number of likely N-dealkylation sites (tertiary alicyclic amines) is 2. The number of hydrogen-bond donors (Lipinski definition) is 3. The third-order valence-corrected chi connectivity index (χ3v) is 10.5. The van der Waals surface area contributed by atoms with Gasteiger partial charge in [0.15, 0.2) is 6.29 Å². The number of carbonyl (C=O) groups is 1. The van der Waals surface area contributed by atoms with Gasteiger partial charge in [-0.3, -0.25) is 4.90 Å². The Morgan fingerprint density at radius 1 is 0.784 bits per heavy atom. The smallest absolute Gasteiger partial charge is 0.319 e. The quantitative estimate of drug-likeness (QED) is 0.141. The van der Waals surface area contributed by atoms with Gasteiger partial charge in [-0.2, -0.15) is 0 Å². The minimum atomic E-state index is -0.521. The molecule has 0 aromatic heterocycles. The highest BCUT2D eigenvalue weighted by molar-refractivity contribution is 5.89. The number of benzene rings is 4. The number of anilines is 1. The Balaban J connectivity index is 0.975. The Morgan fingerprint density at radius 3 is 2.20 bits per heavy atom. The van der Waals surface area contributed by atoms with Crippen LogP contribution in [0.4, 0.5) is 10.5 Å². The standard InChI is InChI=1S/C42H50N4O5/c1-30-39(28-46-25-7-8-36(46)27-45-23-5-6-24-45)50-41(51-40(30)33-15-13-32(29-47)14-16-33)34-17-11-31(12-18-34)26-43-42(48)44-35-19-21-38(22-20-35)49-37-9-3-2-4-10-37/h2-4,9-22,30,36,39-41,47H,5-8,23-29H2,1H3,(H2,43,44,48)/t30-,36-,39+,40+,41+/m0/s1. The summed E-state index contributed by atoms with van der Waals surface area (Å²) in [5, 5.41) is 15.5. The van der Waals surface area contributed by atoms with Crippen LogP contribution in [0.2, 0.25) is 0 Å². The predicted molar refractivity (Wildman–Crippen MR) is 198 cm³/mol. The van der Waals surface area contributed by atoms with Gasteiger partial charge in [-0.25, -0.2) is 4.79 Å². The zero-order valence-corrected chi connectivity index (χ0v) is 29.5. The molecule has 3 N–H and O–H groups in total. The summed E-state index contributed by atoms with van der Waals surface area (Å²) in [6, 6.07) is 33.4. The van der Waals surface area contributed by atoms with Crippen molar-refractivity contribution < 1.29 is 24.1 Å². The Hall–Kier alpha value is -4.25. The summed E-state index contributed by atoms with van der Waals surface area (Å²) in [5.74, 6) is 1.60. The van der Waals surface area contributed by atoms with E-state index in [1.807, 2.05) is 91.0 Å². The van der Waals surface area contributed by atoms with Crippen LogP contribution in [0.15, 0.2) is 103 Å². The van der Waals surface area contributed by atoms with E-state index >= 15 is 0 Å². The second-order valence-electron chi connectivity index (χ2n) is 14.1. The van der Waals surface area contributed by atoms with Crippen LogP contribution in [-0.2, 0) is 22.6 Å². The highest BCUT2D eigenvalue weighted by Crippen LogP contribution is 2.42. The van der Waals surface area contributed by atoms with Crippen molar-refractivity contribution in [3.63, 3.8) is 0 Å². The van der Waals surface area contributed by atoms with Crippen molar-refractivity contribution in [1.82, 2.24) is 15.1 Å². The lowest BCUT2D eigenvalue weighted by atomic mass is 9.90. The minimum Gasteiger partial charge on any atom is -0.457 e. The number of hydrogen-bond acceptors (Lipinski definition) is 7. The van der Waals surface area contributed by atoms with Crippen LogP contribution in [0, 0.1) is 5.92 Å². The van der Waals surface area contributed by atoms with E-state index in [-0.39, 0.29) is 30.8 Å². The maximum Gasteiger partial charge on any atom is 0.319 e. The van der Waals surface area contributed by atoms with E-state index in [0.29, 0.717) is 24.0 Å². The maximum absolute atomic E-state index is 12.7. The SMILES string of the molecule is C[C@H]1[C@@H](CN2CCC[C@H]2CN2CCCC2)O[C@@H](c2ccc(CNC(=O)Nc3ccc(Oc4ccccc4)cc3)cc2)O[C@H]1c1ccc(CO)cc1. The fraction of sp³-hybridized carbons (Fsp3) is 0.405. The highest BCUT2D eigenvalue weighted by Gasteiger charge is 2.40. The molecule has 3 saturated heterocycles. The average Bonchev–Trinajstić information content (AvgIpc) is 3.85. The van der Waals surface area contributed by atoms with Gasteiger partial charge >= 0.3 is 6.03 Å². The molecule has 7 rings (SSSR count). The first-order valence-electron chi connectivity index (χ1n) is 18.4. The van der Waals surface area contributed by atoms with Gasteiger partial charge in [0.25, 0.3) is 0 Å². The van der Waals surface area contributed by atoms with Crippen molar-refractivity contribution in [1.29, 1.82) is 0 Å². The summed E-state index contributed by atoms with van der Waals surface area (Å²) < 4.78 is 19.4. The third kappa shape index (κ3) is 9.16. The van der Waals surface area contributed by atoms with Gasteiger partial charge in [-0.05, 0) is 98.4 Å². The van der Waals surface area contributed by atoms with Gasteiger partial charge < -0.3 is 34.9 Å². The summed E-state index contributed by atoms with van der Waals surface area (Å²) in [5.41, 5.74) is 4.58. The third-order valence-electron chi connectivity index (χ3n) is 10.5. The summed E-state index contributed by atoms with van der Waals surface area (Å²) in [6.07, 6.45) is 4.43. The molecular weight excluding hydrogens is 640 g/mol.